The lowest BCUT2D eigenvalue weighted by Crippen LogP contribution is -2.03. The van der Waals surface area contributed by atoms with E-state index in [-0.39, 0.29) is 5.78 Å². The van der Waals surface area contributed by atoms with Gasteiger partial charge in [0.1, 0.15) is 0 Å². The monoisotopic (exact) mass is 232 g/mol. The summed E-state index contributed by atoms with van der Waals surface area (Å²) in [4.78, 5) is 11.8. The van der Waals surface area contributed by atoms with Crippen molar-refractivity contribution in [3.8, 4) is 0 Å². The Morgan fingerprint density at radius 2 is 1.76 bits per heavy atom. The summed E-state index contributed by atoms with van der Waals surface area (Å²) < 4.78 is 0. The van der Waals surface area contributed by atoms with Crippen LogP contribution in [0.1, 0.15) is 62.4 Å². The molecule has 0 N–H and O–H groups in total. The number of carbonyl (C=O) groups excluding carboxylic acids is 1. The van der Waals surface area contributed by atoms with E-state index in [1.165, 1.54) is 24.8 Å². The Bertz CT molecular complexity index is 335. The van der Waals surface area contributed by atoms with Gasteiger partial charge in [-0.1, -0.05) is 57.9 Å². The van der Waals surface area contributed by atoms with Crippen LogP contribution < -0.4 is 0 Å². The second kappa shape index (κ2) is 7.26. The maximum absolute atomic E-state index is 11.8. The number of carbonyl (C=O) groups is 1. The fourth-order valence-electron chi connectivity index (χ4n) is 1.93. The molecule has 17 heavy (non-hydrogen) atoms. The molecule has 1 rings (SSSR count). The van der Waals surface area contributed by atoms with Crippen molar-refractivity contribution in [2.45, 2.75) is 52.9 Å². The van der Waals surface area contributed by atoms with Crippen LogP contribution in [0, 0.1) is 5.92 Å². The molecule has 0 aliphatic heterocycles. The van der Waals surface area contributed by atoms with E-state index in [9.17, 15) is 4.79 Å². The van der Waals surface area contributed by atoms with E-state index >= 15 is 0 Å². The summed E-state index contributed by atoms with van der Waals surface area (Å²) in [5, 5.41) is 0. The molecule has 0 saturated heterocycles. The van der Waals surface area contributed by atoms with Gasteiger partial charge in [-0.15, -0.1) is 0 Å². The lowest BCUT2D eigenvalue weighted by molar-refractivity contribution is 0.0968. The van der Waals surface area contributed by atoms with Crippen LogP contribution in [0.2, 0.25) is 0 Å². The molecule has 0 aliphatic rings. The Hall–Kier alpha value is -1.11. The van der Waals surface area contributed by atoms with E-state index in [0.29, 0.717) is 12.3 Å². The number of benzene rings is 1. The average Bonchev–Trinajstić information content (AvgIpc) is 2.29. The summed E-state index contributed by atoms with van der Waals surface area (Å²) in [6.07, 6.45) is 5.57. The number of hydrogen-bond donors (Lipinski definition) is 0. The van der Waals surface area contributed by atoms with E-state index in [0.717, 1.165) is 12.0 Å². The molecule has 0 radical (unpaired) electrons. The van der Waals surface area contributed by atoms with Crippen LogP contribution >= 0.6 is 0 Å². The van der Waals surface area contributed by atoms with Crippen molar-refractivity contribution in [1.29, 1.82) is 0 Å². The first-order valence-electron chi connectivity index (χ1n) is 6.75. The Morgan fingerprint density at radius 1 is 1.12 bits per heavy atom. The van der Waals surface area contributed by atoms with Gasteiger partial charge in [0.15, 0.2) is 5.78 Å². The third-order valence-corrected chi connectivity index (χ3v) is 2.94. The normalized spacial score (nSPS) is 10.8. The molecule has 1 nitrogen and oxygen atoms in total. The fourth-order valence-corrected chi connectivity index (χ4v) is 1.93. The fraction of sp³-hybridized carbons (Fsp3) is 0.562. The van der Waals surface area contributed by atoms with Crippen molar-refractivity contribution < 1.29 is 4.79 Å². The molecule has 0 aromatic heterocycles. The van der Waals surface area contributed by atoms with Crippen LogP contribution in [0.25, 0.3) is 0 Å². The van der Waals surface area contributed by atoms with Crippen molar-refractivity contribution in [3.05, 3.63) is 35.4 Å². The van der Waals surface area contributed by atoms with Crippen LogP contribution in [0.15, 0.2) is 24.3 Å². The SMILES string of the molecule is CCCCCc1ccc(C(=O)CC(C)C)cc1. The molecule has 1 heteroatoms. The molecule has 1 aromatic carbocycles. The predicted molar refractivity (Wildman–Crippen MR) is 73.5 cm³/mol. The highest BCUT2D eigenvalue weighted by Gasteiger charge is 2.07. The van der Waals surface area contributed by atoms with Gasteiger partial charge >= 0.3 is 0 Å². The quantitative estimate of drug-likeness (QED) is 0.494. The molecule has 0 spiro atoms. The zero-order chi connectivity index (χ0) is 12.7. The summed E-state index contributed by atoms with van der Waals surface area (Å²) in [6.45, 7) is 6.38. The van der Waals surface area contributed by atoms with Crippen molar-refractivity contribution in [2.24, 2.45) is 5.92 Å². The minimum absolute atomic E-state index is 0.264. The number of unbranched alkanes of at least 4 members (excludes halogenated alkanes) is 2. The Balaban J connectivity index is 2.52. The minimum Gasteiger partial charge on any atom is -0.294 e. The van der Waals surface area contributed by atoms with Crippen molar-refractivity contribution in [2.75, 3.05) is 0 Å². The van der Waals surface area contributed by atoms with Gasteiger partial charge in [0.25, 0.3) is 0 Å². The third-order valence-electron chi connectivity index (χ3n) is 2.94. The average molecular weight is 232 g/mol. The second-order valence-electron chi connectivity index (χ2n) is 5.18. The molecule has 0 bridgehead atoms. The van der Waals surface area contributed by atoms with Crippen molar-refractivity contribution in [1.82, 2.24) is 0 Å². The third kappa shape index (κ3) is 5.16. The van der Waals surface area contributed by atoms with Crippen LogP contribution in [0.3, 0.4) is 0 Å². The molecular weight excluding hydrogens is 208 g/mol. The van der Waals surface area contributed by atoms with Crippen LogP contribution in [0.5, 0.6) is 0 Å². The Labute approximate surface area is 105 Å². The van der Waals surface area contributed by atoms with Crippen molar-refractivity contribution >= 4 is 5.78 Å². The number of ketones is 1. The van der Waals surface area contributed by atoms with E-state index in [2.05, 4.69) is 32.9 Å². The Morgan fingerprint density at radius 3 is 2.29 bits per heavy atom. The van der Waals surface area contributed by atoms with Gasteiger partial charge in [-0.2, -0.15) is 0 Å². The zero-order valence-electron chi connectivity index (χ0n) is 11.3. The molecule has 0 saturated carbocycles. The maximum Gasteiger partial charge on any atom is 0.163 e. The topological polar surface area (TPSA) is 17.1 Å². The maximum atomic E-state index is 11.8. The standard InChI is InChI=1S/C16H24O/c1-4-5-6-7-14-8-10-15(11-9-14)16(17)12-13(2)3/h8-11,13H,4-7,12H2,1-3H3. The number of hydrogen-bond acceptors (Lipinski definition) is 1. The lowest BCUT2D eigenvalue weighted by Gasteiger charge is -2.05. The highest BCUT2D eigenvalue weighted by Crippen LogP contribution is 2.12. The molecule has 1 aromatic rings. The second-order valence-corrected chi connectivity index (χ2v) is 5.18. The van der Waals surface area contributed by atoms with Crippen LogP contribution in [-0.2, 0) is 6.42 Å². The highest BCUT2D eigenvalue weighted by atomic mass is 16.1. The first-order valence-corrected chi connectivity index (χ1v) is 6.75. The number of rotatable bonds is 7. The van der Waals surface area contributed by atoms with Gasteiger partial charge < -0.3 is 0 Å². The molecule has 0 unspecified atom stereocenters. The molecule has 0 atom stereocenters. The van der Waals surface area contributed by atoms with Crippen molar-refractivity contribution in [3.63, 3.8) is 0 Å². The molecule has 0 aliphatic carbocycles. The zero-order valence-corrected chi connectivity index (χ0v) is 11.3. The molecule has 0 amide bonds. The van der Waals surface area contributed by atoms with E-state index in [4.69, 9.17) is 0 Å². The molecule has 0 heterocycles. The summed E-state index contributed by atoms with van der Waals surface area (Å²) in [7, 11) is 0. The summed E-state index contributed by atoms with van der Waals surface area (Å²) in [5.41, 5.74) is 2.21. The number of aryl methyl sites for hydroxylation is 1. The predicted octanol–water partition coefficient (Wildman–Crippen LogP) is 4.65. The van der Waals surface area contributed by atoms with Gasteiger partial charge in [-0.25, -0.2) is 0 Å². The smallest absolute Gasteiger partial charge is 0.163 e. The van der Waals surface area contributed by atoms with E-state index in [1.54, 1.807) is 0 Å². The van der Waals surface area contributed by atoms with E-state index in [1.807, 2.05) is 12.1 Å². The highest BCUT2D eigenvalue weighted by molar-refractivity contribution is 5.96. The van der Waals surface area contributed by atoms with Crippen LogP contribution in [0.4, 0.5) is 0 Å². The first-order chi connectivity index (χ1) is 8.13. The van der Waals surface area contributed by atoms with Gasteiger partial charge in [-0.3, -0.25) is 4.79 Å². The van der Waals surface area contributed by atoms with Gasteiger partial charge in [0.2, 0.25) is 0 Å². The lowest BCUT2D eigenvalue weighted by atomic mass is 9.99. The van der Waals surface area contributed by atoms with Gasteiger partial charge in [0, 0.05) is 12.0 Å². The van der Waals surface area contributed by atoms with Crippen LogP contribution in [-0.4, -0.2) is 5.78 Å². The van der Waals surface area contributed by atoms with E-state index < -0.39 is 0 Å². The molecular formula is C16H24O. The summed E-state index contributed by atoms with van der Waals surface area (Å²) >= 11 is 0. The van der Waals surface area contributed by atoms with Gasteiger partial charge in [0.05, 0.1) is 0 Å². The first kappa shape index (κ1) is 14.0. The molecule has 0 fully saturated rings. The number of Topliss-reactive ketones (excluding diaryl/α,β-unsaturated/α-hetero) is 1. The summed E-state index contributed by atoms with van der Waals surface area (Å²) in [5.74, 6) is 0.701. The Kier molecular flexibility index (Phi) is 5.96. The summed E-state index contributed by atoms with van der Waals surface area (Å²) in [6, 6.07) is 8.16. The largest absolute Gasteiger partial charge is 0.294 e. The molecule has 94 valence electrons. The minimum atomic E-state index is 0.264. The van der Waals surface area contributed by atoms with Gasteiger partial charge in [-0.05, 0) is 24.3 Å².